The highest BCUT2D eigenvalue weighted by atomic mass is 15.5. The molecule has 1 N–H and O–H groups in total. The molecule has 0 aliphatic heterocycles. The fraction of sp³-hybridized carbons (Fsp3) is 0.273. The number of aromatic nitrogens is 3. The Morgan fingerprint density at radius 1 is 1.20 bits per heavy atom. The van der Waals surface area contributed by atoms with Crippen LogP contribution >= 0.6 is 0 Å². The van der Waals surface area contributed by atoms with E-state index in [1.54, 1.807) is 17.2 Å². The van der Waals surface area contributed by atoms with Gasteiger partial charge in [0.25, 0.3) is 0 Å². The number of anilines is 1. The van der Waals surface area contributed by atoms with Crippen LogP contribution < -0.4 is 5.32 Å². The zero-order chi connectivity index (χ0) is 10.7. The van der Waals surface area contributed by atoms with E-state index in [-0.39, 0.29) is 0 Å². The first-order valence-electron chi connectivity index (χ1n) is 4.99. The van der Waals surface area contributed by atoms with Gasteiger partial charge in [-0.2, -0.15) is 15.0 Å². The summed E-state index contributed by atoms with van der Waals surface area (Å²) in [5.74, 6) is 0. The molecule has 0 atom stereocenters. The van der Waals surface area contributed by atoms with Crippen molar-refractivity contribution in [1.82, 2.24) is 15.0 Å². The molecule has 0 spiro atoms. The van der Waals surface area contributed by atoms with Gasteiger partial charge >= 0.3 is 0 Å². The molecule has 0 fully saturated rings. The van der Waals surface area contributed by atoms with E-state index in [4.69, 9.17) is 0 Å². The van der Waals surface area contributed by atoms with Crippen molar-refractivity contribution in [1.29, 1.82) is 0 Å². The van der Waals surface area contributed by atoms with Crippen molar-refractivity contribution in [3.8, 4) is 5.69 Å². The monoisotopic (exact) mass is 202 g/mol. The Hall–Kier alpha value is -1.84. The van der Waals surface area contributed by atoms with Gasteiger partial charge in [0.1, 0.15) is 0 Å². The first kappa shape index (κ1) is 9.71. The van der Waals surface area contributed by atoms with Gasteiger partial charge in [-0.3, -0.25) is 0 Å². The van der Waals surface area contributed by atoms with Crippen LogP contribution in [0.4, 0.5) is 5.69 Å². The zero-order valence-corrected chi connectivity index (χ0v) is 8.88. The second kappa shape index (κ2) is 4.13. The summed E-state index contributed by atoms with van der Waals surface area (Å²) in [6.45, 7) is 4.22. The maximum atomic E-state index is 4.08. The summed E-state index contributed by atoms with van der Waals surface area (Å²) in [5.41, 5.74) is 2.05. The molecule has 1 heterocycles. The molecule has 78 valence electrons. The topological polar surface area (TPSA) is 42.7 Å². The van der Waals surface area contributed by atoms with Crippen LogP contribution in [-0.4, -0.2) is 21.0 Å². The van der Waals surface area contributed by atoms with E-state index in [0.717, 1.165) is 11.4 Å². The molecule has 1 aromatic heterocycles. The maximum absolute atomic E-state index is 4.08. The first-order valence-corrected chi connectivity index (χ1v) is 4.99. The molecule has 0 saturated carbocycles. The van der Waals surface area contributed by atoms with Gasteiger partial charge in [0.05, 0.1) is 18.1 Å². The van der Waals surface area contributed by atoms with Crippen molar-refractivity contribution in [2.75, 3.05) is 5.32 Å². The minimum Gasteiger partial charge on any atom is -0.383 e. The van der Waals surface area contributed by atoms with Crippen molar-refractivity contribution < 1.29 is 0 Å². The molecule has 2 aromatic rings. The summed E-state index contributed by atoms with van der Waals surface area (Å²) in [6, 6.07) is 8.45. The highest BCUT2D eigenvalue weighted by Crippen LogP contribution is 2.13. The van der Waals surface area contributed by atoms with Crippen LogP contribution in [0.1, 0.15) is 13.8 Å². The lowest BCUT2D eigenvalue weighted by molar-refractivity contribution is 0.751. The van der Waals surface area contributed by atoms with Gasteiger partial charge in [-0.15, -0.1) is 0 Å². The van der Waals surface area contributed by atoms with Crippen LogP contribution in [0, 0.1) is 0 Å². The Bertz CT molecular complexity index is 420. The third-order valence-corrected chi connectivity index (χ3v) is 1.95. The van der Waals surface area contributed by atoms with E-state index < -0.39 is 0 Å². The lowest BCUT2D eigenvalue weighted by Crippen LogP contribution is -2.10. The fourth-order valence-electron chi connectivity index (χ4n) is 1.40. The molecule has 0 aliphatic carbocycles. The predicted octanol–water partition coefficient (Wildman–Crippen LogP) is 2.09. The summed E-state index contributed by atoms with van der Waals surface area (Å²) in [7, 11) is 0. The van der Waals surface area contributed by atoms with E-state index >= 15 is 0 Å². The van der Waals surface area contributed by atoms with Gasteiger partial charge in [-0.05, 0) is 32.0 Å². The summed E-state index contributed by atoms with van der Waals surface area (Å²) >= 11 is 0. The second-order valence-corrected chi connectivity index (χ2v) is 3.67. The van der Waals surface area contributed by atoms with Crippen LogP contribution in [0.25, 0.3) is 5.69 Å². The molecule has 15 heavy (non-hydrogen) atoms. The van der Waals surface area contributed by atoms with Crippen LogP contribution in [-0.2, 0) is 0 Å². The average Bonchev–Trinajstić information content (AvgIpc) is 2.69. The standard InChI is InChI=1S/C11H14N4/c1-9(2)14-10-4-3-5-11(8-10)15-12-6-7-13-15/h3-9,14H,1-2H3. The number of nitrogens with zero attached hydrogens (tertiary/aromatic N) is 3. The Balaban J connectivity index is 2.27. The molecular weight excluding hydrogens is 188 g/mol. The van der Waals surface area contributed by atoms with Crippen molar-refractivity contribution in [3.63, 3.8) is 0 Å². The second-order valence-electron chi connectivity index (χ2n) is 3.67. The van der Waals surface area contributed by atoms with Gasteiger partial charge in [0, 0.05) is 11.7 Å². The van der Waals surface area contributed by atoms with Gasteiger partial charge in [-0.25, -0.2) is 0 Å². The number of nitrogens with one attached hydrogen (secondary N) is 1. The number of hydrogen-bond donors (Lipinski definition) is 1. The summed E-state index contributed by atoms with van der Waals surface area (Å²) in [5, 5.41) is 11.5. The predicted molar refractivity (Wildman–Crippen MR) is 60.1 cm³/mol. The van der Waals surface area contributed by atoms with E-state index in [9.17, 15) is 0 Å². The lowest BCUT2D eigenvalue weighted by Gasteiger charge is -2.10. The molecule has 0 amide bonds. The van der Waals surface area contributed by atoms with Crippen LogP contribution in [0.15, 0.2) is 36.7 Å². The SMILES string of the molecule is CC(C)Nc1cccc(-n2nccn2)c1. The van der Waals surface area contributed by atoms with Gasteiger partial charge in [0.15, 0.2) is 0 Å². The Kier molecular flexibility index (Phi) is 2.67. The highest BCUT2D eigenvalue weighted by Gasteiger charge is 1.99. The maximum Gasteiger partial charge on any atom is 0.0877 e. The van der Waals surface area contributed by atoms with Crippen LogP contribution in [0.2, 0.25) is 0 Å². The van der Waals surface area contributed by atoms with Crippen LogP contribution in [0.3, 0.4) is 0 Å². The minimum absolute atomic E-state index is 0.422. The van der Waals surface area contributed by atoms with E-state index in [1.165, 1.54) is 0 Å². The number of hydrogen-bond acceptors (Lipinski definition) is 3. The van der Waals surface area contributed by atoms with Crippen LogP contribution in [0.5, 0.6) is 0 Å². The average molecular weight is 202 g/mol. The van der Waals surface area contributed by atoms with Crippen molar-refractivity contribution in [2.45, 2.75) is 19.9 Å². The largest absolute Gasteiger partial charge is 0.383 e. The Morgan fingerprint density at radius 2 is 1.93 bits per heavy atom. The van der Waals surface area contributed by atoms with E-state index in [1.807, 2.05) is 24.3 Å². The summed E-state index contributed by atoms with van der Waals surface area (Å²) < 4.78 is 0. The third kappa shape index (κ3) is 2.34. The van der Waals surface area contributed by atoms with E-state index in [0.29, 0.717) is 6.04 Å². The highest BCUT2D eigenvalue weighted by molar-refractivity contribution is 5.50. The molecule has 0 unspecified atom stereocenters. The van der Waals surface area contributed by atoms with E-state index in [2.05, 4.69) is 29.4 Å². The molecule has 0 radical (unpaired) electrons. The fourth-order valence-corrected chi connectivity index (χ4v) is 1.40. The van der Waals surface area contributed by atoms with Crippen molar-refractivity contribution in [3.05, 3.63) is 36.7 Å². The Morgan fingerprint density at radius 3 is 2.60 bits per heavy atom. The summed E-state index contributed by atoms with van der Waals surface area (Å²) in [6.07, 6.45) is 3.34. The number of rotatable bonds is 3. The lowest BCUT2D eigenvalue weighted by atomic mass is 10.2. The quantitative estimate of drug-likeness (QED) is 0.828. The van der Waals surface area contributed by atoms with Gasteiger partial charge in [-0.1, -0.05) is 6.07 Å². The molecule has 0 bridgehead atoms. The zero-order valence-electron chi connectivity index (χ0n) is 8.88. The Labute approximate surface area is 88.9 Å². The van der Waals surface area contributed by atoms with Crippen molar-refractivity contribution >= 4 is 5.69 Å². The first-order chi connectivity index (χ1) is 7.25. The molecule has 4 heteroatoms. The molecular formula is C11H14N4. The van der Waals surface area contributed by atoms with Gasteiger partial charge < -0.3 is 5.32 Å². The molecule has 1 aromatic carbocycles. The minimum atomic E-state index is 0.422. The number of benzene rings is 1. The third-order valence-electron chi connectivity index (χ3n) is 1.95. The molecule has 4 nitrogen and oxygen atoms in total. The molecule has 0 aliphatic rings. The van der Waals surface area contributed by atoms with Gasteiger partial charge in [0.2, 0.25) is 0 Å². The normalized spacial score (nSPS) is 10.6. The molecule has 2 rings (SSSR count). The van der Waals surface area contributed by atoms with Crippen molar-refractivity contribution in [2.24, 2.45) is 0 Å². The summed E-state index contributed by atoms with van der Waals surface area (Å²) in [4.78, 5) is 1.60. The molecule has 0 saturated heterocycles. The smallest absolute Gasteiger partial charge is 0.0877 e.